The molecule has 1 N–H and O–H groups in total. The second-order valence-electron chi connectivity index (χ2n) is 8.24. The number of carbonyl (C=O) groups excluding carboxylic acids is 1. The highest BCUT2D eigenvalue weighted by atomic mass is 35.5. The first-order chi connectivity index (χ1) is 13.8. The monoisotopic (exact) mass is 424 g/mol. The van der Waals surface area contributed by atoms with Gasteiger partial charge in [-0.3, -0.25) is 9.69 Å². The lowest BCUT2D eigenvalue weighted by atomic mass is 9.87. The lowest BCUT2D eigenvalue weighted by Gasteiger charge is -2.38. The molecule has 1 aliphatic rings. The third-order valence-corrected chi connectivity index (χ3v) is 5.94. The Morgan fingerprint density at radius 2 is 1.59 bits per heavy atom. The molecule has 0 saturated carbocycles. The maximum atomic E-state index is 13.5. The van der Waals surface area contributed by atoms with Crippen LogP contribution in [0, 0.1) is 0 Å². The van der Waals surface area contributed by atoms with Gasteiger partial charge in [-0.2, -0.15) is 0 Å². The van der Waals surface area contributed by atoms with Crippen molar-refractivity contribution < 1.29 is 4.79 Å². The molecule has 148 valence electrons. The standard InChI is InChI=1S/C24H22Cl2N2O/c1-24(2,3)16-9-11-17(12-10-16)28-22(15-8-13-19(25)20(26)14-15)27-21-7-5-4-6-18(21)23(28)29/h4-14,22,27H,1-3H3. The highest BCUT2D eigenvalue weighted by Crippen LogP contribution is 2.38. The molecule has 1 heterocycles. The number of rotatable bonds is 2. The minimum absolute atomic E-state index is 0.0401. The van der Waals surface area contributed by atoms with Gasteiger partial charge in [0.05, 0.1) is 15.6 Å². The molecule has 29 heavy (non-hydrogen) atoms. The Balaban J connectivity index is 1.83. The molecule has 1 unspecified atom stereocenters. The van der Waals surface area contributed by atoms with E-state index in [1.54, 1.807) is 17.0 Å². The number of nitrogens with zero attached hydrogens (tertiary/aromatic N) is 1. The first-order valence-electron chi connectivity index (χ1n) is 9.50. The van der Waals surface area contributed by atoms with Crippen molar-refractivity contribution >= 4 is 40.5 Å². The van der Waals surface area contributed by atoms with E-state index >= 15 is 0 Å². The van der Waals surface area contributed by atoms with Crippen molar-refractivity contribution in [1.29, 1.82) is 0 Å². The van der Waals surface area contributed by atoms with Gasteiger partial charge in [0.2, 0.25) is 0 Å². The zero-order valence-corrected chi connectivity index (χ0v) is 18.1. The van der Waals surface area contributed by atoms with E-state index in [1.165, 1.54) is 5.56 Å². The molecule has 3 aromatic carbocycles. The van der Waals surface area contributed by atoms with Gasteiger partial charge in [0, 0.05) is 11.4 Å². The minimum Gasteiger partial charge on any atom is -0.360 e. The van der Waals surface area contributed by atoms with E-state index in [4.69, 9.17) is 23.2 Å². The number of fused-ring (bicyclic) bond motifs is 1. The Bertz CT molecular complexity index is 1070. The van der Waals surface area contributed by atoms with E-state index in [0.717, 1.165) is 16.9 Å². The van der Waals surface area contributed by atoms with E-state index in [9.17, 15) is 4.79 Å². The van der Waals surface area contributed by atoms with Crippen molar-refractivity contribution in [3.63, 3.8) is 0 Å². The van der Waals surface area contributed by atoms with Crippen LogP contribution >= 0.6 is 23.2 Å². The maximum absolute atomic E-state index is 13.5. The Hall–Kier alpha value is -2.49. The normalized spacial score (nSPS) is 16.4. The zero-order valence-electron chi connectivity index (χ0n) is 16.5. The van der Waals surface area contributed by atoms with Crippen molar-refractivity contribution in [2.24, 2.45) is 0 Å². The molecule has 3 aromatic rings. The van der Waals surface area contributed by atoms with Crippen LogP contribution in [-0.4, -0.2) is 5.91 Å². The van der Waals surface area contributed by atoms with Crippen molar-refractivity contribution in [3.05, 3.63) is 93.5 Å². The average Bonchev–Trinajstić information content (AvgIpc) is 2.69. The predicted octanol–water partition coefficient (Wildman–Crippen LogP) is 7.06. The molecule has 4 rings (SSSR count). The van der Waals surface area contributed by atoms with E-state index in [0.29, 0.717) is 15.6 Å². The van der Waals surface area contributed by atoms with E-state index < -0.39 is 6.17 Å². The Labute approximate surface area is 181 Å². The fourth-order valence-corrected chi connectivity index (χ4v) is 3.86. The third-order valence-electron chi connectivity index (χ3n) is 5.20. The van der Waals surface area contributed by atoms with Gasteiger partial charge in [-0.15, -0.1) is 0 Å². The van der Waals surface area contributed by atoms with Crippen molar-refractivity contribution in [2.45, 2.75) is 32.4 Å². The highest BCUT2D eigenvalue weighted by Gasteiger charge is 2.34. The number of anilines is 2. The van der Waals surface area contributed by atoms with Crippen molar-refractivity contribution in [3.8, 4) is 0 Å². The summed E-state index contributed by atoms with van der Waals surface area (Å²) in [5.41, 5.74) is 4.38. The predicted molar refractivity (Wildman–Crippen MR) is 121 cm³/mol. The zero-order chi connectivity index (χ0) is 20.8. The first kappa shape index (κ1) is 19.8. The third kappa shape index (κ3) is 3.73. The average molecular weight is 425 g/mol. The van der Waals surface area contributed by atoms with E-state index in [1.807, 2.05) is 42.5 Å². The fraction of sp³-hybridized carbons (Fsp3) is 0.208. The summed E-state index contributed by atoms with van der Waals surface area (Å²) in [6, 6.07) is 21.2. The van der Waals surface area contributed by atoms with Gasteiger partial charge < -0.3 is 5.32 Å². The summed E-state index contributed by atoms with van der Waals surface area (Å²) in [4.78, 5) is 15.2. The Morgan fingerprint density at radius 1 is 0.897 bits per heavy atom. The van der Waals surface area contributed by atoms with Gasteiger partial charge in [0.25, 0.3) is 5.91 Å². The molecule has 0 bridgehead atoms. The van der Waals surface area contributed by atoms with Gasteiger partial charge in [-0.25, -0.2) is 0 Å². The molecular weight excluding hydrogens is 403 g/mol. The van der Waals surface area contributed by atoms with Gasteiger partial charge >= 0.3 is 0 Å². The number of carbonyl (C=O) groups is 1. The lowest BCUT2D eigenvalue weighted by molar-refractivity contribution is 0.0975. The van der Waals surface area contributed by atoms with Crippen LogP contribution in [-0.2, 0) is 5.41 Å². The Morgan fingerprint density at radius 3 is 2.24 bits per heavy atom. The Kier molecular flexibility index (Phi) is 5.05. The fourth-order valence-electron chi connectivity index (χ4n) is 3.56. The summed E-state index contributed by atoms with van der Waals surface area (Å²) in [6.45, 7) is 6.51. The quantitative estimate of drug-likeness (QED) is 0.477. The summed E-state index contributed by atoms with van der Waals surface area (Å²) in [7, 11) is 0. The van der Waals surface area contributed by atoms with Gasteiger partial charge in [-0.05, 0) is 52.9 Å². The molecule has 5 heteroatoms. The number of hydrogen-bond donors (Lipinski definition) is 1. The summed E-state index contributed by atoms with van der Waals surface area (Å²) in [5.74, 6) is -0.0565. The van der Waals surface area contributed by atoms with Gasteiger partial charge in [-0.1, -0.05) is 74.3 Å². The van der Waals surface area contributed by atoms with Crippen LogP contribution in [0.25, 0.3) is 0 Å². The number of benzene rings is 3. The lowest BCUT2D eigenvalue weighted by Crippen LogP contribution is -2.43. The second kappa shape index (κ2) is 7.40. The summed E-state index contributed by atoms with van der Waals surface area (Å²) in [5, 5.41) is 4.43. The number of nitrogens with one attached hydrogen (secondary N) is 1. The van der Waals surface area contributed by atoms with Crippen LogP contribution in [0.5, 0.6) is 0 Å². The minimum atomic E-state index is -0.396. The second-order valence-corrected chi connectivity index (χ2v) is 9.05. The van der Waals surface area contributed by atoms with Crippen LogP contribution in [0.4, 0.5) is 11.4 Å². The van der Waals surface area contributed by atoms with Crippen LogP contribution in [0.1, 0.15) is 48.4 Å². The van der Waals surface area contributed by atoms with Gasteiger partial charge in [0.15, 0.2) is 0 Å². The molecule has 1 amide bonds. The van der Waals surface area contributed by atoms with Crippen molar-refractivity contribution in [2.75, 3.05) is 10.2 Å². The van der Waals surface area contributed by atoms with E-state index in [-0.39, 0.29) is 11.3 Å². The van der Waals surface area contributed by atoms with E-state index in [2.05, 4.69) is 38.2 Å². The number of halogens is 2. The van der Waals surface area contributed by atoms with Gasteiger partial charge in [0.1, 0.15) is 6.17 Å². The molecule has 0 fully saturated rings. The molecule has 0 radical (unpaired) electrons. The molecule has 1 atom stereocenters. The van der Waals surface area contributed by atoms with Crippen LogP contribution in [0.3, 0.4) is 0 Å². The maximum Gasteiger partial charge on any atom is 0.262 e. The molecule has 0 saturated heterocycles. The summed E-state index contributed by atoms with van der Waals surface area (Å²) in [6.07, 6.45) is -0.396. The van der Waals surface area contributed by atoms with Crippen LogP contribution in [0.15, 0.2) is 66.7 Å². The number of para-hydroxylation sites is 1. The topological polar surface area (TPSA) is 32.3 Å². The van der Waals surface area contributed by atoms with Crippen LogP contribution in [0.2, 0.25) is 10.0 Å². The van der Waals surface area contributed by atoms with Crippen LogP contribution < -0.4 is 10.2 Å². The number of amides is 1. The summed E-state index contributed by atoms with van der Waals surface area (Å²) >= 11 is 12.4. The molecule has 0 spiro atoms. The molecule has 0 aliphatic carbocycles. The molecule has 3 nitrogen and oxygen atoms in total. The molecule has 0 aromatic heterocycles. The SMILES string of the molecule is CC(C)(C)c1ccc(N2C(=O)c3ccccc3NC2c2ccc(Cl)c(Cl)c2)cc1. The number of hydrogen-bond acceptors (Lipinski definition) is 2. The molecule has 1 aliphatic heterocycles. The summed E-state index contributed by atoms with van der Waals surface area (Å²) < 4.78 is 0. The van der Waals surface area contributed by atoms with Crippen molar-refractivity contribution in [1.82, 2.24) is 0 Å². The largest absolute Gasteiger partial charge is 0.360 e. The first-order valence-corrected chi connectivity index (χ1v) is 10.3. The molecular formula is C24H22Cl2N2O. The smallest absolute Gasteiger partial charge is 0.262 e. The highest BCUT2D eigenvalue weighted by molar-refractivity contribution is 6.42.